The van der Waals surface area contributed by atoms with Crippen molar-refractivity contribution in [3.05, 3.63) is 64.3 Å². The number of halogens is 3. The van der Waals surface area contributed by atoms with E-state index in [0.29, 0.717) is 36.2 Å². The number of para-hydroxylation sites is 1. The van der Waals surface area contributed by atoms with Crippen LogP contribution in [0.1, 0.15) is 24.0 Å². The second-order valence-electron chi connectivity index (χ2n) is 7.02. The number of alkyl halides is 3. The minimum Gasteiger partial charge on any atom is -0.370 e. The molecule has 3 rings (SSSR count). The third-order valence-electron chi connectivity index (χ3n) is 4.71. The third kappa shape index (κ3) is 5.80. The van der Waals surface area contributed by atoms with Gasteiger partial charge in [-0.25, -0.2) is 9.97 Å². The average molecular weight is 433 g/mol. The fourth-order valence-corrected chi connectivity index (χ4v) is 3.01. The van der Waals surface area contributed by atoms with E-state index in [1.165, 1.54) is 17.0 Å². The second-order valence-corrected chi connectivity index (χ2v) is 7.02. The molecule has 0 atom stereocenters. The van der Waals surface area contributed by atoms with E-state index in [2.05, 4.69) is 20.6 Å². The summed E-state index contributed by atoms with van der Waals surface area (Å²) in [7, 11) is 0. The number of rotatable bonds is 8. The van der Waals surface area contributed by atoms with E-state index in [4.69, 9.17) is 0 Å². The number of pyridine rings is 1. The van der Waals surface area contributed by atoms with Crippen molar-refractivity contribution in [2.24, 2.45) is 0 Å². The van der Waals surface area contributed by atoms with Crippen LogP contribution in [0.5, 0.6) is 0 Å². The van der Waals surface area contributed by atoms with Gasteiger partial charge >= 0.3 is 6.18 Å². The Labute approximate surface area is 176 Å². The molecule has 1 amide bonds. The second kappa shape index (κ2) is 9.59. The number of aryl methyl sites for hydroxylation is 2. The summed E-state index contributed by atoms with van der Waals surface area (Å²) in [5.41, 5.74) is 0.582. The lowest BCUT2D eigenvalue weighted by Crippen LogP contribution is -2.29. The Hall–Kier alpha value is -3.43. The van der Waals surface area contributed by atoms with E-state index in [1.54, 1.807) is 12.1 Å². The van der Waals surface area contributed by atoms with Crippen LogP contribution in [0.15, 0.2) is 47.7 Å². The lowest BCUT2D eigenvalue weighted by molar-refractivity contribution is -0.137. The fourth-order valence-electron chi connectivity index (χ4n) is 3.01. The summed E-state index contributed by atoms with van der Waals surface area (Å²) in [6.07, 6.45) is -1.50. The maximum atomic E-state index is 12.5. The number of fused-ring (bicyclic) bond motifs is 1. The lowest BCUT2D eigenvalue weighted by atomic mass is 10.1. The van der Waals surface area contributed by atoms with Gasteiger partial charge in [0.2, 0.25) is 5.91 Å². The number of amides is 1. The Morgan fingerprint density at radius 2 is 1.94 bits per heavy atom. The van der Waals surface area contributed by atoms with Crippen molar-refractivity contribution >= 4 is 22.6 Å². The van der Waals surface area contributed by atoms with Crippen LogP contribution in [-0.4, -0.2) is 33.5 Å². The number of anilines is 1. The number of benzene rings is 1. The van der Waals surface area contributed by atoms with Crippen LogP contribution in [0.4, 0.5) is 19.0 Å². The number of carbonyl (C=O) groups is 1. The lowest BCUT2D eigenvalue weighted by Gasteiger charge is -2.10. The first kappa shape index (κ1) is 22.3. The van der Waals surface area contributed by atoms with Gasteiger partial charge in [-0.2, -0.15) is 13.2 Å². The Morgan fingerprint density at radius 3 is 2.65 bits per heavy atom. The number of hydrogen-bond acceptors (Lipinski definition) is 5. The molecule has 0 unspecified atom stereocenters. The number of nitrogens with zero attached hydrogens (tertiary/aromatic N) is 3. The molecule has 0 bridgehead atoms. The van der Waals surface area contributed by atoms with Crippen LogP contribution in [0.3, 0.4) is 0 Å². The van der Waals surface area contributed by atoms with Crippen molar-refractivity contribution in [1.82, 2.24) is 19.9 Å². The van der Waals surface area contributed by atoms with Crippen molar-refractivity contribution in [3.8, 4) is 0 Å². The van der Waals surface area contributed by atoms with Crippen LogP contribution in [0.25, 0.3) is 10.9 Å². The zero-order valence-electron chi connectivity index (χ0n) is 16.9. The molecule has 10 heteroatoms. The molecule has 0 aliphatic carbocycles. The molecule has 2 heterocycles. The van der Waals surface area contributed by atoms with Gasteiger partial charge in [-0.1, -0.05) is 12.1 Å². The highest BCUT2D eigenvalue weighted by atomic mass is 19.4. The summed E-state index contributed by atoms with van der Waals surface area (Å²) in [5, 5.41) is 6.17. The number of hydrogen-bond donors (Lipinski definition) is 2. The summed E-state index contributed by atoms with van der Waals surface area (Å²) in [6, 6.07) is 7.62. The van der Waals surface area contributed by atoms with Gasteiger partial charge < -0.3 is 10.6 Å². The normalized spacial score (nSPS) is 11.5. The van der Waals surface area contributed by atoms with Crippen molar-refractivity contribution in [1.29, 1.82) is 0 Å². The molecule has 0 aliphatic rings. The zero-order valence-corrected chi connectivity index (χ0v) is 16.9. The Bertz CT molecular complexity index is 1110. The highest BCUT2D eigenvalue weighted by Gasteiger charge is 2.30. The SMILES string of the molecule is Cc1cccc2c(=O)n(CCC(=O)NCCCNc3ccc(C(F)(F)F)cn3)cnc12. The average Bonchev–Trinajstić information content (AvgIpc) is 2.73. The van der Waals surface area contributed by atoms with Crippen molar-refractivity contribution in [2.45, 2.75) is 32.5 Å². The monoisotopic (exact) mass is 433 g/mol. The van der Waals surface area contributed by atoms with Gasteiger partial charge in [0.05, 0.1) is 22.8 Å². The van der Waals surface area contributed by atoms with Crippen LogP contribution >= 0.6 is 0 Å². The van der Waals surface area contributed by atoms with Gasteiger partial charge in [0.25, 0.3) is 5.56 Å². The van der Waals surface area contributed by atoms with Gasteiger partial charge in [0.15, 0.2) is 0 Å². The highest BCUT2D eigenvalue weighted by molar-refractivity contribution is 5.80. The van der Waals surface area contributed by atoms with Crippen LogP contribution in [-0.2, 0) is 17.5 Å². The first-order valence-electron chi connectivity index (χ1n) is 9.74. The molecule has 0 saturated carbocycles. The minimum atomic E-state index is -4.41. The molecule has 0 aliphatic heterocycles. The van der Waals surface area contributed by atoms with E-state index in [9.17, 15) is 22.8 Å². The van der Waals surface area contributed by atoms with E-state index in [-0.39, 0.29) is 24.4 Å². The molecule has 0 saturated heterocycles. The molecule has 1 aromatic carbocycles. The Kier molecular flexibility index (Phi) is 6.88. The molecule has 0 spiro atoms. The maximum Gasteiger partial charge on any atom is 0.417 e. The molecule has 7 nitrogen and oxygen atoms in total. The number of carbonyl (C=O) groups excluding carboxylic acids is 1. The zero-order chi connectivity index (χ0) is 22.4. The molecule has 2 N–H and O–H groups in total. The predicted octanol–water partition coefficient (Wildman–Crippen LogP) is 3.13. The molecule has 0 fully saturated rings. The summed E-state index contributed by atoms with van der Waals surface area (Å²) < 4.78 is 38.9. The maximum absolute atomic E-state index is 12.5. The molecular weight excluding hydrogens is 411 g/mol. The quantitative estimate of drug-likeness (QED) is 0.533. The van der Waals surface area contributed by atoms with Gasteiger partial charge in [0.1, 0.15) is 5.82 Å². The van der Waals surface area contributed by atoms with E-state index < -0.39 is 11.7 Å². The molecule has 0 radical (unpaired) electrons. The number of aromatic nitrogens is 3. The third-order valence-corrected chi connectivity index (χ3v) is 4.71. The van der Waals surface area contributed by atoms with E-state index >= 15 is 0 Å². The molecular formula is C21H22F3N5O2. The van der Waals surface area contributed by atoms with Crippen molar-refractivity contribution in [2.75, 3.05) is 18.4 Å². The van der Waals surface area contributed by atoms with Gasteiger partial charge in [-0.3, -0.25) is 14.2 Å². The number of nitrogens with one attached hydrogen (secondary N) is 2. The van der Waals surface area contributed by atoms with Crippen LogP contribution < -0.4 is 16.2 Å². The Balaban J connectivity index is 1.40. The first-order chi connectivity index (χ1) is 14.8. The minimum absolute atomic E-state index is 0.132. The van der Waals surface area contributed by atoms with Gasteiger partial charge in [-0.05, 0) is 37.1 Å². The van der Waals surface area contributed by atoms with E-state index in [1.807, 2.05) is 13.0 Å². The topological polar surface area (TPSA) is 88.9 Å². The molecule has 31 heavy (non-hydrogen) atoms. The predicted molar refractivity (Wildman–Crippen MR) is 111 cm³/mol. The van der Waals surface area contributed by atoms with Crippen molar-refractivity contribution < 1.29 is 18.0 Å². The fraction of sp³-hybridized carbons (Fsp3) is 0.333. The molecule has 3 aromatic rings. The standard InChI is InChI=1S/C21H22F3N5O2/c1-14-4-2-5-16-19(14)28-13-29(20(16)31)11-8-18(30)26-10-3-9-25-17-7-6-15(12-27-17)21(22,23)24/h2,4-7,12-13H,3,8-11H2,1H3,(H,25,27)(H,26,30). The van der Waals surface area contributed by atoms with Gasteiger partial charge in [0, 0.05) is 32.3 Å². The summed E-state index contributed by atoms with van der Waals surface area (Å²) >= 11 is 0. The summed E-state index contributed by atoms with van der Waals surface area (Å²) in [5.74, 6) is 0.127. The highest BCUT2D eigenvalue weighted by Crippen LogP contribution is 2.28. The summed E-state index contributed by atoms with van der Waals surface area (Å²) in [6.45, 7) is 2.92. The molecule has 164 valence electrons. The first-order valence-corrected chi connectivity index (χ1v) is 9.74. The van der Waals surface area contributed by atoms with Gasteiger partial charge in [-0.15, -0.1) is 0 Å². The molecule has 2 aromatic heterocycles. The summed E-state index contributed by atoms with van der Waals surface area (Å²) in [4.78, 5) is 32.6. The van der Waals surface area contributed by atoms with E-state index in [0.717, 1.165) is 17.8 Å². The smallest absolute Gasteiger partial charge is 0.370 e. The van der Waals surface area contributed by atoms with Crippen LogP contribution in [0, 0.1) is 6.92 Å². The van der Waals surface area contributed by atoms with Crippen LogP contribution in [0.2, 0.25) is 0 Å². The largest absolute Gasteiger partial charge is 0.417 e. The Morgan fingerprint density at radius 1 is 1.13 bits per heavy atom. The van der Waals surface area contributed by atoms with Crippen molar-refractivity contribution in [3.63, 3.8) is 0 Å².